The van der Waals surface area contributed by atoms with E-state index in [-0.39, 0.29) is 12.4 Å². The van der Waals surface area contributed by atoms with Crippen LogP contribution in [0.25, 0.3) is 0 Å². The normalized spacial score (nSPS) is 10.3. The highest BCUT2D eigenvalue weighted by molar-refractivity contribution is 5.39. The van der Waals surface area contributed by atoms with Gasteiger partial charge in [0.2, 0.25) is 0 Å². The molecule has 0 fully saturated rings. The van der Waals surface area contributed by atoms with Gasteiger partial charge in [-0.25, -0.2) is 4.39 Å². The Morgan fingerprint density at radius 3 is 2.24 bits per heavy atom. The van der Waals surface area contributed by atoms with Gasteiger partial charge in [0, 0.05) is 5.56 Å². The third-order valence-electron chi connectivity index (χ3n) is 2.74. The fourth-order valence-corrected chi connectivity index (χ4v) is 1.79. The van der Waals surface area contributed by atoms with Crippen LogP contribution in [0.3, 0.4) is 0 Å². The molecular formula is C15H15FO. The van der Waals surface area contributed by atoms with Gasteiger partial charge in [-0.05, 0) is 31.0 Å². The van der Waals surface area contributed by atoms with E-state index < -0.39 is 0 Å². The Balaban J connectivity index is 2.16. The molecule has 2 aromatic carbocycles. The second kappa shape index (κ2) is 5.00. The minimum absolute atomic E-state index is 0.223. The number of benzene rings is 2. The van der Waals surface area contributed by atoms with E-state index in [1.807, 2.05) is 38.1 Å². The first-order valence-electron chi connectivity index (χ1n) is 5.61. The average molecular weight is 230 g/mol. The number of para-hydroxylation sites is 1. The van der Waals surface area contributed by atoms with Crippen molar-refractivity contribution < 1.29 is 9.13 Å². The Kier molecular flexibility index (Phi) is 3.43. The molecule has 0 aliphatic rings. The van der Waals surface area contributed by atoms with Crippen molar-refractivity contribution >= 4 is 0 Å². The van der Waals surface area contributed by atoms with Crippen molar-refractivity contribution in [2.45, 2.75) is 20.5 Å². The third-order valence-corrected chi connectivity index (χ3v) is 2.74. The van der Waals surface area contributed by atoms with Crippen LogP contribution in [-0.2, 0) is 6.61 Å². The lowest BCUT2D eigenvalue weighted by Crippen LogP contribution is -2.00. The van der Waals surface area contributed by atoms with Crippen LogP contribution in [0.2, 0.25) is 0 Å². The average Bonchev–Trinajstić information content (AvgIpc) is 2.30. The molecule has 1 nitrogen and oxygen atoms in total. The Morgan fingerprint density at radius 1 is 0.941 bits per heavy atom. The lowest BCUT2D eigenvalue weighted by atomic mass is 10.1. The van der Waals surface area contributed by atoms with Crippen molar-refractivity contribution in [1.82, 2.24) is 0 Å². The molecule has 2 aromatic rings. The Morgan fingerprint density at radius 2 is 1.59 bits per heavy atom. The summed E-state index contributed by atoms with van der Waals surface area (Å²) < 4.78 is 19.1. The molecule has 0 aromatic heterocycles. The number of hydrogen-bond donors (Lipinski definition) is 0. The van der Waals surface area contributed by atoms with E-state index in [1.54, 1.807) is 12.1 Å². The molecule has 2 rings (SSSR count). The van der Waals surface area contributed by atoms with Gasteiger partial charge in [0.1, 0.15) is 18.2 Å². The number of hydrogen-bond acceptors (Lipinski definition) is 1. The van der Waals surface area contributed by atoms with Crippen LogP contribution in [0, 0.1) is 19.7 Å². The fourth-order valence-electron chi connectivity index (χ4n) is 1.79. The molecule has 0 amide bonds. The van der Waals surface area contributed by atoms with Crippen molar-refractivity contribution in [1.29, 1.82) is 0 Å². The van der Waals surface area contributed by atoms with E-state index in [0.717, 1.165) is 16.9 Å². The topological polar surface area (TPSA) is 9.23 Å². The summed E-state index contributed by atoms with van der Waals surface area (Å²) in [4.78, 5) is 0. The van der Waals surface area contributed by atoms with E-state index in [0.29, 0.717) is 5.56 Å². The lowest BCUT2D eigenvalue weighted by Gasteiger charge is -2.12. The van der Waals surface area contributed by atoms with Gasteiger partial charge < -0.3 is 4.74 Å². The highest BCUT2D eigenvalue weighted by Crippen LogP contribution is 2.23. The first kappa shape index (κ1) is 11.6. The van der Waals surface area contributed by atoms with Crippen LogP contribution in [0.4, 0.5) is 4.39 Å². The minimum Gasteiger partial charge on any atom is -0.488 e. The molecule has 88 valence electrons. The predicted octanol–water partition coefficient (Wildman–Crippen LogP) is 4.02. The quantitative estimate of drug-likeness (QED) is 0.773. The molecule has 0 aliphatic heterocycles. The van der Waals surface area contributed by atoms with Crippen molar-refractivity contribution in [3.8, 4) is 5.75 Å². The highest BCUT2D eigenvalue weighted by atomic mass is 19.1. The zero-order chi connectivity index (χ0) is 12.3. The predicted molar refractivity (Wildman–Crippen MR) is 66.6 cm³/mol. The van der Waals surface area contributed by atoms with E-state index in [4.69, 9.17) is 4.74 Å². The molecule has 0 heterocycles. The van der Waals surface area contributed by atoms with Crippen molar-refractivity contribution in [2.75, 3.05) is 0 Å². The van der Waals surface area contributed by atoms with E-state index in [1.165, 1.54) is 6.07 Å². The Hall–Kier alpha value is -1.83. The summed E-state index contributed by atoms with van der Waals surface area (Å²) in [6, 6.07) is 12.6. The molecule has 17 heavy (non-hydrogen) atoms. The van der Waals surface area contributed by atoms with Crippen LogP contribution in [0.5, 0.6) is 5.75 Å². The second-order valence-electron chi connectivity index (χ2n) is 4.10. The van der Waals surface area contributed by atoms with Gasteiger partial charge in [0.15, 0.2) is 0 Å². The summed E-state index contributed by atoms with van der Waals surface area (Å²) >= 11 is 0. The molecule has 0 N–H and O–H groups in total. The van der Waals surface area contributed by atoms with Crippen molar-refractivity contribution in [3.63, 3.8) is 0 Å². The molecular weight excluding hydrogens is 215 g/mol. The molecule has 2 heteroatoms. The van der Waals surface area contributed by atoms with Crippen LogP contribution >= 0.6 is 0 Å². The first-order chi connectivity index (χ1) is 8.18. The summed E-state index contributed by atoms with van der Waals surface area (Å²) in [6.45, 7) is 4.24. The van der Waals surface area contributed by atoms with Gasteiger partial charge in [0.25, 0.3) is 0 Å². The zero-order valence-electron chi connectivity index (χ0n) is 10.0. The third kappa shape index (κ3) is 2.64. The summed E-state index contributed by atoms with van der Waals surface area (Å²) in [5.74, 6) is 0.620. The largest absolute Gasteiger partial charge is 0.488 e. The van der Waals surface area contributed by atoms with Gasteiger partial charge in [0.05, 0.1) is 0 Å². The van der Waals surface area contributed by atoms with E-state index in [2.05, 4.69) is 0 Å². The summed E-state index contributed by atoms with van der Waals surface area (Å²) in [5.41, 5.74) is 2.72. The maximum atomic E-state index is 13.4. The van der Waals surface area contributed by atoms with Crippen LogP contribution in [-0.4, -0.2) is 0 Å². The molecule has 0 saturated carbocycles. The standard InChI is InChI=1S/C15H15FO/c1-11-6-5-7-12(2)15(11)17-10-13-8-3-4-9-14(13)16/h3-9H,10H2,1-2H3. The van der Waals surface area contributed by atoms with Crippen LogP contribution in [0.1, 0.15) is 16.7 Å². The van der Waals surface area contributed by atoms with E-state index in [9.17, 15) is 4.39 Å². The number of rotatable bonds is 3. The summed E-state index contributed by atoms with van der Waals surface area (Å²) in [7, 11) is 0. The SMILES string of the molecule is Cc1cccc(C)c1OCc1ccccc1F. The lowest BCUT2D eigenvalue weighted by molar-refractivity contribution is 0.296. The first-order valence-corrected chi connectivity index (χ1v) is 5.61. The summed E-state index contributed by atoms with van der Waals surface area (Å²) in [6.07, 6.45) is 0. The van der Waals surface area contributed by atoms with Crippen molar-refractivity contribution in [3.05, 3.63) is 65.0 Å². The fraction of sp³-hybridized carbons (Fsp3) is 0.200. The van der Waals surface area contributed by atoms with Gasteiger partial charge in [-0.15, -0.1) is 0 Å². The Labute approximate surface area is 101 Å². The minimum atomic E-state index is -0.223. The van der Waals surface area contributed by atoms with Gasteiger partial charge in [-0.1, -0.05) is 36.4 Å². The number of halogens is 1. The van der Waals surface area contributed by atoms with Crippen LogP contribution < -0.4 is 4.74 Å². The molecule has 0 atom stereocenters. The van der Waals surface area contributed by atoms with Gasteiger partial charge in [-0.2, -0.15) is 0 Å². The molecule has 0 radical (unpaired) electrons. The molecule has 0 saturated heterocycles. The number of aryl methyl sites for hydroxylation is 2. The molecule has 0 unspecified atom stereocenters. The molecule has 0 spiro atoms. The van der Waals surface area contributed by atoms with Crippen LogP contribution in [0.15, 0.2) is 42.5 Å². The maximum absolute atomic E-state index is 13.4. The Bertz CT molecular complexity index is 500. The smallest absolute Gasteiger partial charge is 0.129 e. The molecule has 0 aliphatic carbocycles. The molecule has 0 bridgehead atoms. The second-order valence-corrected chi connectivity index (χ2v) is 4.10. The summed E-state index contributed by atoms with van der Waals surface area (Å²) in [5, 5.41) is 0. The highest BCUT2D eigenvalue weighted by Gasteiger charge is 2.05. The van der Waals surface area contributed by atoms with Crippen molar-refractivity contribution in [2.24, 2.45) is 0 Å². The van der Waals surface area contributed by atoms with Gasteiger partial charge >= 0.3 is 0 Å². The van der Waals surface area contributed by atoms with E-state index >= 15 is 0 Å². The maximum Gasteiger partial charge on any atom is 0.129 e. The monoisotopic (exact) mass is 230 g/mol. The number of ether oxygens (including phenoxy) is 1. The van der Waals surface area contributed by atoms with Gasteiger partial charge in [-0.3, -0.25) is 0 Å². The zero-order valence-corrected chi connectivity index (χ0v) is 10.0.